The van der Waals surface area contributed by atoms with Crippen molar-refractivity contribution in [1.82, 2.24) is 15.2 Å². The van der Waals surface area contributed by atoms with Gasteiger partial charge in [0, 0.05) is 23.3 Å². The summed E-state index contributed by atoms with van der Waals surface area (Å²) >= 11 is 1.53. The molecule has 0 saturated heterocycles. The van der Waals surface area contributed by atoms with E-state index in [9.17, 15) is 4.79 Å². The third kappa shape index (κ3) is 2.50. The van der Waals surface area contributed by atoms with Gasteiger partial charge in [0.1, 0.15) is 0 Å². The van der Waals surface area contributed by atoms with Crippen LogP contribution in [0, 0.1) is 0 Å². The first-order valence-electron chi connectivity index (χ1n) is 5.40. The van der Waals surface area contributed by atoms with Gasteiger partial charge in [-0.25, -0.2) is 0 Å². The number of pyridine rings is 1. The van der Waals surface area contributed by atoms with Crippen molar-refractivity contribution in [1.29, 1.82) is 0 Å². The van der Waals surface area contributed by atoms with Gasteiger partial charge in [0.15, 0.2) is 0 Å². The molecule has 7 heteroatoms. The minimum atomic E-state index is -0.339. The highest BCUT2D eigenvalue weighted by Gasteiger charge is 2.12. The van der Waals surface area contributed by atoms with Crippen LogP contribution in [0.25, 0.3) is 11.5 Å². The van der Waals surface area contributed by atoms with Crippen LogP contribution in [-0.2, 0) is 0 Å². The molecule has 3 heterocycles. The Labute approximate surface area is 112 Å². The molecule has 0 spiro atoms. The molecular weight excluding hydrogens is 264 g/mol. The summed E-state index contributed by atoms with van der Waals surface area (Å²) < 4.78 is 5.35. The lowest BCUT2D eigenvalue weighted by atomic mass is 10.3. The quantitative estimate of drug-likeness (QED) is 0.792. The largest absolute Gasteiger partial charge is 0.403 e. The standard InChI is InChI=1S/C12H8N4O2S/c17-10(8-2-1-4-13-6-8)14-12-16-15-11(18-12)9-3-5-19-7-9/h1-7H,(H,14,16,17). The normalized spacial score (nSPS) is 10.3. The Hall–Kier alpha value is -2.54. The monoisotopic (exact) mass is 272 g/mol. The van der Waals surface area contributed by atoms with Gasteiger partial charge < -0.3 is 4.42 Å². The molecule has 1 N–H and O–H groups in total. The van der Waals surface area contributed by atoms with Crippen LogP contribution in [0.2, 0.25) is 0 Å². The summed E-state index contributed by atoms with van der Waals surface area (Å²) in [6, 6.07) is 5.26. The topological polar surface area (TPSA) is 80.9 Å². The van der Waals surface area contributed by atoms with Crippen LogP contribution in [0.15, 0.2) is 45.8 Å². The van der Waals surface area contributed by atoms with E-state index in [-0.39, 0.29) is 11.9 Å². The van der Waals surface area contributed by atoms with Gasteiger partial charge in [-0.15, -0.1) is 5.10 Å². The van der Waals surface area contributed by atoms with E-state index < -0.39 is 0 Å². The zero-order chi connectivity index (χ0) is 13.1. The molecule has 0 unspecified atom stereocenters. The highest BCUT2D eigenvalue weighted by Crippen LogP contribution is 2.22. The van der Waals surface area contributed by atoms with E-state index in [1.165, 1.54) is 17.5 Å². The van der Waals surface area contributed by atoms with Crippen LogP contribution in [0.3, 0.4) is 0 Å². The van der Waals surface area contributed by atoms with Gasteiger partial charge in [0.2, 0.25) is 0 Å². The summed E-state index contributed by atoms with van der Waals surface area (Å²) in [6.07, 6.45) is 3.06. The molecule has 94 valence electrons. The van der Waals surface area contributed by atoms with Crippen molar-refractivity contribution < 1.29 is 9.21 Å². The molecule has 0 atom stereocenters. The lowest BCUT2D eigenvalue weighted by Gasteiger charge is -1.98. The molecule has 3 aromatic heterocycles. The molecular formula is C12H8N4O2S. The first-order chi connectivity index (χ1) is 9.33. The summed E-state index contributed by atoms with van der Waals surface area (Å²) in [5.41, 5.74) is 1.26. The van der Waals surface area contributed by atoms with Crippen LogP contribution in [0.1, 0.15) is 10.4 Å². The number of rotatable bonds is 3. The average Bonchev–Trinajstić information content (AvgIpc) is 3.10. The molecule has 0 aliphatic carbocycles. The maximum atomic E-state index is 11.8. The molecule has 0 radical (unpaired) electrons. The number of thiophene rings is 1. The first-order valence-corrected chi connectivity index (χ1v) is 6.34. The number of aromatic nitrogens is 3. The van der Waals surface area contributed by atoms with E-state index in [2.05, 4.69) is 20.5 Å². The number of amides is 1. The van der Waals surface area contributed by atoms with Crippen molar-refractivity contribution >= 4 is 23.3 Å². The van der Waals surface area contributed by atoms with E-state index >= 15 is 0 Å². The number of carbonyl (C=O) groups excluding carboxylic acids is 1. The molecule has 0 bridgehead atoms. The first kappa shape index (κ1) is 11.5. The third-order valence-electron chi connectivity index (χ3n) is 2.34. The van der Waals surface area contributed by atoms with Crippen molar-refractivity contribution in [3.8, 4) is 11.5 Å². The van der Waals surface area contributed by atoms with Crippen LogP contribution < -0.4 is 5.32 Å². The summed E-state index contributed by atoms with van der Waals surface area (Å²) in [6.45, 7) is 0. The van der Waals surface area contributed by atoms with Crippen LogP contribution >= 0.6 is 11.3 Å². The smallest absolute Gasteiger partial charge is 0.322 e. The molecule has 0 aromatic carbocycles. The summed E-state index contributed by atoms with van der Waals surface area (Å²) in [5, 5.41) is 14.0. The Morgan fingerprint density at radius 1 is 1.32 bits per heavy atom. The van der Waals surface area contributed by atoms with Gasteiger partial charge in [-0.2, -0.15) is 11.3 Å². The molecule has 3 rings (SSSR count). The minimum Gasteiger partial charge on any atom is -0.403 e. The van der Waals surface area contributed by atoms with Crippen LogP contribution in [0.4, 0.5) is 6.01 Å². The average molecular weight is 272 g/mol. The third-order valence-corrected chi connectivity index (χ3v) is 3.02. The Bertz CT molecular complexity index is 679. The van der Waals surface area contributed by atoms with Gasteiger partial charge in [-0.05, 0) is 23.6 Å². The molecule has 0 aliphatic rings. The Morgan fingerprint density at radius 3 is 3.00 bits per heavy atom. The second-order valence-electron chi connectivity index (χ2n) is 3.62. The number of hydrogen-bond acceptors (Lipinski definition) is 6. The minimum absolute atomic E-state index is 0.0649. The van der Waals surface area contributed by atoms with Gasteiger partial charge in [0.25, 0.3) is 11.8 Å². The molecule has 3 aromatic rings. The Balaban J connectivity index is 1.76. The van der Waals surface area contributed by atoms with E-state index in [0.717, 1.165) is 5.56 Å². The number of anilines is 1. The van der Waals surface area contributed by atoms with Gasteiger partial charge in [-0.3, -0.25) is 15.1 Å². The lowest BCUT2D eigenvalue weighted by molar-refractivity contribution is 0.102. The number of nitrogens with one attached hydrogen (secondary N) is 1. The predicted octanol–water partition coefficient (Wildman–Crippen LogP) is 2.45. The summed E-state index contributed by atoms with van der Waals surface area (Å²) in [5.74, 6) is 0.0383. The molecule has 0 fully saturated rings. The van der Waals surface area contributed by atoms with Gasteiger partial charge >= 0.3 is 6.01 Å². The van der Waals surface area contributed by atoms with Gasteiger partial charge in [0.05, 0.1) is 5.56 Å². The second kappa shape index (κ2) is 4.99. The zero-order valence-corrected chi connectivity index (χ0v) is 10.4. The van der Waals surface area contributed by atoms with Crippen LogP contribution in [0.5, 0.6) is 0 Å². The van der Waals surface area contributed by atoms with E-state index in [4.69, 9.17) is 4.42 Å². The van der Waals surface area contributed by atoms with Crippen molar-refractivity contribution in [2.24, 2.45) is 0 Å². The van der Waals surface area contributed by atoms with E-state index in [0.29, 0.717) is 11.5 Å². The molecule has 6 nitrogen and oxygen atoms in total. The number of hydrogen-bond donors (Lipinski definition) is 1. The van der Waals surface area contributed by atoms with Crippen molar-refractivity contribution in [2.45, 2.75) is 0 Å². The highest BCUT2D eigenvalue weighted by molar-refractivity contribution is 7.08. The van der Waals surface area contributed by atoms with Crippen molar-refractivity contribution in [2.75, 3.05) is 5.32 Å². The fraction of sp³-hybridized carbons (Fsp3) is 0. The SMILES string of the molecule is O=C(Nc1nnc(-c2ccsc2)o1)c1cccnc1. The highest BCUT2D eigenvalue weighted by atomic mass is 32.1. The second-order valence-corrected chi connectivity index (χ2v) is 4.40. The Kier molecular flexibility index (Phi) is 3.03. The summed E-state index contributed by atoms with van der Waals surface area (Å²) in [4.78, 5) is 15.7. The van der Waals surface area contributed by atoms with Gasteiger partial charge in [-0.1, -0.05) is 5.10 Å². The van der Waals surface area contributed by atoms with Crippen LogP contribution in [-0.4, -0.2) is 21.1 Å². The predicted molar refractivity (Wildman–Crippen MR) is 69.8 cm³/mol. The van der Waals surface area contributed by atoms with Crippen molar-refractivity contribution in [3.05, 3.63) is 46.9 Å². The number of carbonyl (C=O) groups is 1. The molecule has 19 heavy (non-hydrogen) atoms. The fourth-order valence-electron chi connectivity index (χ4n) is 1.44. The Morgan fingerprint density at radius 2 is 2.26 bits per heavy atom. The zero-order valence-electron chi connectivity index (χ0n) is 9.61. The van der Waals surface area contributed by atoms with E-state index in [1.807, 2.05) is 16.8 Å². The lowest BCUT2D eigenvalue weighted by Crippen LogP contribution is -2.12. The summed E-state index contributed by atoms with van der Waals surface area (Å²) in [7, 11) is 0. The maximum absolute atomic E-state index is 11.8. The molecule has 0 aliphatic heterocycles. The maximum Gasteiger partial charge on any atom is 0.322 e. The van der Waals surface area contributed by atoms with Crippen molar-refractivity contribution in [3.63, 3.8) is 0 Å². The molecule has 0 saturated carbocycles. The number of nitrogens with zero attached hydrogens (tertiary/aromatic N) is 3. The fourth-order valence-corrected chi connectivity index (χ4v) is 2.07. The van der Waals surface area contributed by atoms with E-state index in [1.54, 1.807) is 18.3 Å². The molecule has 1 amide bonds.